The standard InChI is InChI=1S/C19H21N7O.C19H19N7O/c2*1-24(2)14-6-4-5-13(9-14)22-18-19-21-10-17(26(19)8-7-20-18)15-11-25(3)23-16(15)12-27/h4-11,27H,12H2,1-3H3,(H,20,22);4-12H,1-3H3,(H,20,22). The first kappa shape index (κ1) is 35.3. The lowest BCUT2D eigenvalue weighted by atomic mass is 10.2. The van der Waals surface area contributed by atoms with E-state index in [1.807, 2.05) is 115 Å². The van der Waals surface area contributed by atoms with Crippen molar-refractivity contribution in [3.05, 3.63) is 109 Å². The summed E-state index contributed by atoms with van der Waals surface area (Å²) in [5.74, 6) is 1.30. The van der Waals surface area contributed by atoms with Crippen LogP contribution in [0.25, 0.3) is 33.8 Å². The van der Waals surface area contributed by atoms with Crippen LogP contribution in [0.4, 0.5) is 34.4 Å². The maximum atomic E-state index is 11.3. The number of aliphatic hydroxyl groups is 1. The van der Waals surface area contributed by atoms with Crippen LogP contribution in [0.2, 0.25) is 0 Å². The Kier molecular flexibility index (Phi) is 9.74. The molecule has 6 heterocycles. The van der Waals surface area contributed by atoms with E-state index in [9.17, 15) is 9.90 Å². The first-order valence-electron chi connectivity index (χ1n) is 17.0. The van der Waals surface area contributed by atoms with Crippen LogP contribution in [0.1, 0.15) is 16.2 Å². The van der Waals surface area contributed by atoms with Crippen LogP contribution in [-0.4, -0.2) is 87.9 Å². The minimum Gasteiger partial charge on any atom is -0.390 e. The maximum absolute atomic E-state index is 11.3. The van der Waals surface area contributed by atoms with Crippen molar-refractivity contribution in [2.24, 2.45) is 14.1 Å². The second-order valence-electron chi connectivity index (χ2n) is 12.9. The number of carbonyl (C=O) groups excluding carboxylic acids is 1. The number of rotatable bonds is 10. The number of imidazole rings is 2. The largest absolute Gasteiger partial charge is 0.390 e. The van der Waals surface area contributed by atoms with Crippen molar-refractivity contribution < 1.29 is 9.90 Å². The third kappa shape index (κ3) is 7.05. The number of aldehydes is 1. The molecule has 6 aromatic heterocycles. The summed E-state index contributed by atoms with van der Waals surface area (Å²) in [4.78, 5) is 33.4. The number of aliphatic hydroxyl groups excluding tert-OH is 1. The smallest absolute Gasteiger partial charge is 0.180 e. The van der Waals surface area contributed by atoms with Gasteiger partial charge in [0.15, 0.2) is 29.2 Å². The van der Waals surface area contributed by atoms with Crippen LogP contribution in [0, 0.1) is 0 Å². The van der Waals surface area contributed by atoms with Gasteiger partial charge in [0, 0.05) is 113 Å². The Labute approximate surface area is 311 Å². The second kappa shape index (κ2) is 14.9. The lowest BCUT2D eigenvalue weighted by Gasteiger charge is -2.14. The summed E-state index contributed by atoms with van der Waals surface area (Å²) in [5, 5.41) is 24.7. The molecule has 8 rings (SSSR count). The van der Waals surface area contributed by atoms with E-state index in [4.69, 9.17) is 0 Å². The molecule has 16 heteroatoms. The van der Waals surface area contributed by atoms with E-state index in [-0.39, 0.29) is 6.61 Å². The van der Waals surface area contributed by atoms with Crippen molar-refractivity contribution in [2.45, 2.75) is 6.61 Å². The molecule has 274 valence electrons. The number of anilines is 6. The number of aromatic nitrogens is 10. The molecule has 16 nitrogen and oxygen atoms in total. The summed E-state index contributed by atoms with van der Waals surface area (Å²) in [5.41, 5.74) is 9.62. The van der Waals surface area contributed by atoms with Crippen LogP contribution < -0.4 is 20.4 Å². The average Bonchev–Trinajstić information content (AvgIpc) is 3.97. The van der Waals surface area contributed by atoms with E-state index in [0.717, 1.165) is 51.6 Å². The van der Waals surface area contributed by atoms with Crippen molar-refractivity contribution in [3.63, 3.8) is 0 Å². The zero-order valence-electron chi connectivity index (χ0n) is 30.7. The van der Waals surface area contributed by atoms with Crippen molar-refractivity contribution in [1.29, 1.82) is 0 Å². The Morgan fingerprint density at radius 2 is 1.20 bits per heavy atom. The Bertz CT molecular complexity index is 2580. The highest BCUT2D eigenvalue weighted by Crippen LogP contribution is 2.29. The van der Waals surface area contributed by atoms with E-state index in [1.165, 1.54) is 0 Å². The summed E-state index contributed by atoms with van der Waals surface area (Å²) in [6, 6.07) is 16.1. The fraction of sp³-hybridized carbons (Fsp3) is 0.184. The number of aryl methyl sites for hydroxylation is 2. The predicted octanol–water partition coefficient (Wildman–Crippen LogP) is 5.18. The minimum atomic E-state index is -0.128. The first-order chi connectivity index (χ1) is 26.1. The number of nitrogens with zero attached hydrogens (tertiary/aromatic N) is 12. The number of benzene rings is 2. The summed E-state index contributed by atoms with van der Waals surface area (Å²) >= 11 is 0. The molecule has 0 unspecified atom stereocenters. The van der Waals surface area contributed by atoms with Crippen LogP contribution in [-0.2, 0) is 20.7 Å². The molecule has 0 saturated heterocycles. The molecule has 0 amide bonds. The molecule has 2 aromatic carbocycles. The molecule has 0 aliphatic carbocycles. The molecule has 54 heavy (non-hydrogen) atoms. The van der Waals surface area contributed by atoms with Crippen molar-refractivity contribution in [3.8, 4) is 22.5 Å². The van der Waals surface area contributed by atoms with Gasteiger partial charge in [-0.25, -0.2) is 19.9 Å². The number of carbonyl (C=O) groups is 1. The molecule has 0 bridgehead atoms. The van der Waals surface area contributed by atoms with Gasteiger partial charge in [-0.15, -0.1) is 0 Å². The molecule has 3 N–H and O–H groups in total. The molecule has 0 atom stereocenters. The summed E-state index contributed by atoms with van der Waals surface area (Å²) < 4.78 is 7.15. The molecular weight excluding hydrogens is 685 g/mol. The lowest BCUT2D eigenvalue weighted by molar-refractivity contribution is 0.111. The van der Waals surface area contributed by atoms with Crippen molar-refractivity contribution in [1.82, 2.24) is 48.3 Å². The topological polar surface area (TPSA) is 164 Å². The first-order valence-corrected chi connectivity index (χ1v) is 17.0. The second-order valence-corrected chi connectivity index (χ2v) is 12.9. The van der Waals surface area contributed by atoms with Gasteiger partial charge in [-0.1, -0.05) is 12.1 Å². The fourth-order valence-electron chi connectivity index (χ4n) is 6.07. The van der Waals surface area contributed by atoms with Crippen LogP contribution >= 0.6 is 0 Å². The number of hydrogen-bond donors (Lipinski definition) is 3. The van der Waals surface area contributed by atoms with Crippen molar-refractivity contribution >= 4 is 52.0 Å². The van der Waals surface area contributed by atoms with Gasteiger partial charge >= 0.3 is 0 Å². The van der Waals surface area contributed by atoms with E-state index in [1.54, 1.807) is 47.4 Å². The minimum absolute atomic E-state index is 0.128. The SMILES string of the molecule is CN(C)c1cccc(Nc2nccn3c(-c4cn(C)nc4C=O)cnc23)c1.CN(C)c1cccc(Nc2nccn3c(-c4cn(C)nc4CO)cnc23)c1. The van der Waals surface area contributed by atoms with Crippen molar-refractivity contribution in [2.75, 3.05) is 48.6 Å². The predicted molar refractivity (Wildman–Crippen MR) is 210 cm³/mol. The maximum Gasteiger partial charge on any atom is 0.180 e. The van der Waals surface area contributed by atoms with E-state index < -0.39 is 0 Å². The quantitative estimate of drug-likeness (QED) is 0.159. The Morgan fingerprint density at radius 1 is 0.704 bits per heavy atom. The highest BCUT2D eigenvalue weighted by molar-refractivity contribution is 5.85. The van der Waals surface area contributed by atoms with Gasteiger partial charge < -0.3 is 25.5 Å². The van der Waals surface area contributed by atoms with Crippen LogP contribution in [0.15, 0.2) is 98.1 Å². The van der Waals surface area contributed by atoms with Crippen LogP contribution in [0.5, 0.6) is 0 Å². The lowest BCUT2D eigenvalue weighted by Crippen LogP contribution is -2.08. The molecule has 8 aromatic rings. The monoisotopic (exact) mass is 724 g/mol. The third-order valence-corrected chi connectivity index (χ3v) is 8.68. The Balaban J connectivity index is 0.000000167. The normalized spacial score (nSPS) is 11.0. The summed E-state index contributed by atoms with van der Waals surface area (Å²) in [7, 11) is 11.6. The molecule has 0 fully saturated rings. The molecule has 0 aliphatic heterocycles. The zero-order valence-corrected chi connectivity index (χ0v) is 30.7. The van der Waals surface area contributed by atoms with E-state index >= 15 is 0 Å². The number of hydrogen-bond acceptors (Lipinski definition) is 12. The van der Waals surface area contributed by atoms with Gasteiger partial charge in [-0.3, -0.25) is 23.0 Å². The van der Waals surface area contributed by atoms with Gasteiger partial charge in [0.25, 0.3) is 0 Å². The Hall–Kier alpha value is -7.07. The van der Waals surface area contributed by atoms with Crippen LogP contribution in [0.3, 0.4) is 0 Å². The van der Waals surface area contributed by atoms with Gasteiger partial charge in [0.2, 0.25) is 0 Å². The van der Waals surface area contributed by atoms with E-state index in [2.05, 4.69) is 46.8 Å². The molecular formula is C38H40N14O2. The fourth-order valence-corrected chi connectivity index (χ4v) is 6.07. The summed E-state index contributed by atoms with van der Waals surface area (Å²) in [6.45, 7) is -0.128. The molecule has 0 spiro atoms. The van der Waals surface area contributed by atoms with Gasteiger partial charge in [-0.05, 0) is 36.4 Å². The zero-order chi connectivity index (χ0) is 37.9. The molecule has 0 saturated carbocycles. The van der Waals surface area contributed by atoms with Gasteiger partial charge in [-0.2, -0.15) is 10.2 Å². The van der Waals surface area contributed by atoms with Gasteiger partial charge in [0.05, 0.1) is 36.1 Å². The molecule has 0 aliphatic rings. The third-order valence-electron chi connectivity index (χ3n) is 8.68. The van der Waals surface area contributed by atoms with E-state index in [0.29, 0.717) is 34.3 Å². The molecule has 0 radical (unpaired) electrons. The highest BCUT2D eigenvalue weighted by atomic mass is 16.3. The number of nitrogens with one attached hydrogen (secondary N) is 2. The highest BCUT2D eigenvalue weighted by Gasteiger charge is 2.17. The van der Waals surface area contributed by atoms with Gasteiger partial charge in [0.1, 0.15) is 5.69 Å². The Morgan fingerprint density at radius 3 is 1.70 bits per heavy atom. The summed E-state index contributed by atoms with van der Waals surface area (Å²) in [6.07, 6.45) is 15.0. The number of fused-ring (bicyclic) bond motifs is 2. The average molecular weight is 725 g/mol.